The van der Waals surface area contributed by atoms with E-state index in [-0.39, 0.29) is 35.8 Å². The van der Waals surface area contributed by atoms with Crippen molar-refractivity contribution in [3.63, 3.8) is 0 Å². The van der Waals surface area contributed by atoms with Gasteiger partial charge in [-0.15, -0.1) is 0 Å². The van der Waals surface area contributed by atoms with E-state index in [1.165, 1.54) is 22.3 Å². The molecule has 0 radical (unpaired) electrons. The minimum Gasteiger partial charge on any atom is -0.465 e. The molecule has 0 saturated carbocycles. The Labute approximate surface area is 175 Å². The molecule has 0 aliphatic heterocycles. The van der Waals surface area contributed by atoms with Gasteiger partial charge in [-0.1, -0.05) is 60.3 Å². The van der Waals surface area contributed by atoms with Gasteiger partial charge in [0.25, 0.3) is 0 Å². The average Bonchev–Trinajstić information content (AvgIpc) is 2.99. The normalized spacial score (nSPS) is 14.3. The third kappa shape index (κ3) is 4.62. The van der Waals surface area contributed by atoms with E-state index in [0.29, 0.717) is 0 Å². The fourth-order valence-corrected chi connectivity index (χ4v) is 4.73. The maximum atomic E-state index is 12.5. The molecule has 28 heavy (non-hydrogen) atoms. The maximum absolute atomic E-state index is 12.5. The molecule has 1 atom stereocenters. The van der Waals surface area contributed by atoms with Gasteiger partial charge in [0.05, 0.1) is 12.5 Å². The van der Waals surface area contributed by atoms with Gasteiger partial charge in [0.2, 0.25) is 5.12 Å². The number of thioether (sulfide) groups is 1. The van der Waals surface area contributed by atoms with Crippen LogP contribution in [-0.4, -0.2) is 34.2 Å². The average molecular weight is 416 g/mol. The molecule has 3 rings (SSSR count). The number of hydrogen-bond acceptors (Lipinski definition) is 6. The third-order valence-electron chi connectivity index (χ3n) is 4.82. The van der Waals surface area contributed by atoms with Gasteiger partial charge in [0, 0.05) is 16.4 Å². The monoisotopic (exact) mass is 415 g/mol. The van der Waals surface area contributed by atoms with E-state index in [2.05, 4.69) is 36.9 Å². The van der Waals surface area contributed by atoms with Crippen LogP contribution in [0.3, 0.4) is 0 Å². The summed E-state index contributed by atoms with van der Waals surface area (Å²) in [4.78, 5) is 24.5. The SMILES string of the molecule is CC(C)(CC(=O)OCC1c2ccccc2-c2ccccc21)SC(=O)[C@@H](N)CS. The summed E-state index contributed by atoms with van der Waals surface area (Å²) in [5, 5.41) is -0.161. The highest BCUT2D eigenvalue weighted by Crippen LogP contribution is 2.44. The molecule has 1 aliphatic rings. The van der Waals surface area contributed by atoms with E-state index >= 15 is 0 Å². The van der Waals surface area contributed by atoms with Crippen LogP contribution in [0.25, 0.3) is 11.1 Å². The Bertz CT molecular complexity index is 836. The molecule has 0 aromatic heterocycles. The van der Waals surface area contributed by atoms with Gasteiger partial charge in [-0.3, -0.25) is 9.59 Å². The number of esters is 1. The summed E-state index contributed by atoms with van der Waals surface area (Å²) in [6, 6.07) is 15.8. The minimum atomic E-state index is -0.630. The van der Waals surface area contributed by atoms with Crippen molar-refractivity contribution in [1.82, 2.24) is 0 Å². The third-order valence-corrected chi connectivity index (χ3v) is 6.41. The molecule has 0 bridgehead atoms. The maximum Gasteiger partial charge on any atom is 0.307 e. The number of carbonyl (C=O) groups is 2. The van der Waals surface area contributed by atoms with Crippen molar-refractivity contribution in [2.45, 2.75) is 37.0 Å². The van der Waals surface area contributed by atoms with Crippen LogP contribution < -0.4 is 5.73 Å². The summed E-state index contributed by atoms with van der Waals surface area (Å²) in [5.74, 6) is 0.00491. The second-order valence-electron chi connectivity index (χ2n) is 7.56. The van der Waals surface area contributed by atoms with Gasteiger partial charge in [-0.25, -0.2) is 0 Å². The van der Waals surface area contributed by atoms with Crippen LogP contribution in [0.2, 0.25) is 0 Å². The first kappa shape index (κ1) is 21.0. The van der Waals surface area contributed by atoms with Crippen LogP contribution >= 0.6 is 24.4 Å². The second-order valence-corrected chi connectivity index (χ2v) is 9.63. The smallest absolute Gasteiger partial charge is 0.307 e. The van der Waals surface area contributed by atoms with Gasteiger partial charge in [-0.2, -0.15) is 12.6 Å². The molecule has 2 N–H and O–H groups in total. The van der Waals surface area contributed by atoms with Crippen molar-refractivity contribution < 1.29 is 14.3 Å². The molecule has 0 fully saturated rings. The molecule has 6 heteroatoms. The molecular formula is C22H25NO3S2. The lowest BCUT2D eigenvalue weighted by atomic mass is 9.98. The number of thiol groups is 1. The summed E-state index contributed by atoms with van der Waals surface area (Å²) >= 11 is 5.14. The predicted octanol–water partition coefficient (Wildman–Crippen LogP) is 4.03. The number of nitrogens with two attached hydrogens (primary N) is 1. The first-order chi connectivity index (χ1) is 13.3. The van der Waals surface area contributed by atoms with Crippen LogP contribution in [-0.2, 0) is 14.3 Å². The fourth-order valence-electron chi connectivity index (χ4n) is 3.47. The van der Waals surface area contributed by atoms with Crippen molar-refractivity contribution in [3.8, 4) is 11.1 Å². The van der Waals surface area contributed by atoms with Crippen LogP contribution in [0, 0.1) is 0 Å². The highest BCUT2D eigenvalue weighted by molar-refractivity contribution is 8.15. The van der Waals surface area contributed by atoms with Crippen molar-refractivity contribution >= 4 is 35.5 Å². The number of ether oxygens (including phenoxy) is 1. The Balaban J connectivity index is 1.64. The summed E-state index contributed by atoms with van der Waals surface area (Å²) in [5.41, 5.74) is 10.5. The molecule has 2 aromatic carbocycles. The van der Waals surface area contributed by atoms with E-state index < -0.39 is 10.8 Å². The van der Waals surface area contributed by atoms with E-state index in [4.69, 9.17) is 10.5 Å². The molecule has 4 nitrogen and oxygen atoms in total. The lowest BCUT2D eigenvalue weighted by molar-refractivity contribution is -0.144. The molecule has 0 spiro atoms. The van der Waals surface area contributed by atoms with Crippen LogP contribution in [0.4, 0.5) is 0 Å². The lowest BCUT2D eigenvalue weighted by Gasteiger charge is -2.23. The molecule has 2 aromatic rings. The van der Waals surface area contributed by atoms with E-state index in [9.17, 15) is 9.59 Å². The quantitative estimate of drug-likeness (QED) is 0.528. The topological polar surface area (TPSA) is 69.4 Å². The first-order valence-corrected chi connectivity index (χ1v) is 10.7. The van der Waals surface area contributed by atoms with Crippen LogP contribution in [0.1, 0.15) is 37.3 Å². The number of rotatable bonds is 7. The minimum absolute atomic E-state index is 0.0337. The molecule has 0 unspecified atom stereocenters. The first-order valence-electron chi connectivity index (χ1n) is 9.25. The van der Waals surface area contributed by atoms with Gasteiger partial charge in [0.1, 0.15) is 6.61 Å². The Morgan fingerprint density at radius 3 is 2.18 bits per heavy atom. The zero-order valence-electron chi connectivity index (χ0n) is 16.1. The van der Waals surface area contributed by atoms with Gasteiger partial charge in [0.15, 0.2) is 0 Å². The fraction of sp³-hybridized carbons (Fsp3) is 0.364. The number of hydrogen-bond donors (Lipinski definition) is 2. The van der Waals surface area contributed by atoms with Gasteiger partial charge >= 0.3 is 5.97 Å². The van der Waals surface area contributed by atoms with Crippen LogP contribution in [0.5, 0.6) is 0 Å². The van der Waals surface area contributed by atoms with Gasteiger partial charge < -0.3 is 10.5 Å². The van der Waals surface area contributed by atoms with E-state index in [0.717, 1.165) is 11.8 Å². The zero-order chi connectivity index (χ0) is 20.3. The second kappa shape index (κ2) is 8.72. The van der Waals surface area contributed by atoms with Crippen molar-refractivity contribution in [2.75, 3.05) is 12.4 Å². The summed E-state index contributed by atoms with van der Waals surface area (Å²) in [6.45, 7) is 3.99. The predicted molar refractivity (Wildman–Crippen MR) is 118 cm³/mol. The largest absolute Gasteiger partial charge is 0.465 e. The number of fused-ring (bicyclic) bond motifs is 3. The standard InChI is InChI=1S/C22H25NO3S2/c1-22(2,28-21(25)19(23)13-27)11-20(24)26-12-18-16-9-5-3-7-14(16)15-8-4-6-10-17(15)18/h3-10,18-19,27H,11-13,23H2,1-2H3/t19-/m0/s1. The van der Waals surface area contributed by atoms with Crippen molar-refractivity contribution in [1.29, 1.82) is 0 Å². The Hall–Kier alpha value is -1.76. The summed E-state index contributed by atoms with van der Waals surface area (Å²) in [6.07, 6.45) is 0.138. The zero-order valence-corrected chi connectivity index (χ0v) is 17.8. The Kier molecular flexibility index (Phi) is 6.53. The van der Waals surface area contributed by atoms with Gasteiger partial charge in [-0.05, 0) is 36.1 Å². The summed E-state index contributed by atoms with van der Waals surface area (Å²) < 4.78 is 5.05. The van der Waals surface area contributed by atoms with Crippen molar-refractivity contribution in [2.24, 2.45) is 5.73 Å². The summed E-state index contributed by atoms with van der Waals surface area (Å²) in [7, 11) is 0. The number of benzene rings is 2. The lowest BCUT2D eigenvalue weighted by Crippen LogP contribution is -2.34. The van der Waals surface area contributed by atoms with E-state index in [1.807, 2.05) is 38.1 Å². The molecule has 148 valence electrons. The molecular weight excluding hydrogens is 390 g/mol. The Morgan fingerprint density at radius 2 is 1.64 bits per heavy atom. The molecule has 0 amide bonds. The number of carbonyl (C=O) groups excluding carboxylic acids is 2. The Morgan fingerprint density at radius 1 is 1.11 bits per heavy atom. The molecule has 0 heterocycles. The van der Waals surface area contributed by atoms with E-state index in [1.54, 1.807) is 0 Å². The highest BCUT2D eigenvalue weighted by atomic mass is 32.2. The van der Waals surface area contributed by atoms with Crippen molar-refractivity contribution in [3.05, 3.63) is 59.7 Å². The highest BCUT2D eigenvalue weighted by Gasteiger charge is 2.32. The van der Waals surface area contributed by atoms with Crippen LogP contribution in [0.15, 0.2) is 48.5 Å². The molecule has 0 saturated heterocycles. The molecule has 1 aliphatic carbocycles.